The average Bonchev–Trinajstić information content (AvgIpc) is 3.26. The van der Waals surface area contributed by atoms with E-state index in [1.165, 1.54) is 36.5 Å². The lowest BCUT2D eigenvalue weighted by Gasteiger charge is -2.38. The molecular formula is C21H28N2O6S. The van der Waals surface area contributed by atoms with Gasteiger partial charge in [0.25, 0.3) is 0 Å². The zero-order valence-corrected chi connectivity index (χ0v) is 17.6. The minimum atomic E-state index is -2.27. The van der Waals surface area contributed by atoms with Crippen LogP contribution in [0, 0.1) is 0 Å². The average molecular weight is 437 g/mol. The standard InChI is InChI=1S/C17H22N2S.C4H6O6/c1-18-11-9-16(10-12-18)19(14-17-8-5-13-20-17)15-6-3-2-4-7-15;5-1(3(7)8)2(6)4(9)10/h2-8,13,16H,9-12,14H2,1H3;1-2,5-6H,(H,7,8)(H,9,10)/t;1-,2-/m.1/s1. The van der Waals surface area contributed by atoms with E-state index in [0.29, 0.717) is 6.04 Å². The number of carbonyl (C=O) groups is 2. The molecule has 1 aliphatic heterocycles. The summed E-state index contributed by atoms with van der Waals surface area (Å²) in [5.41, 5.74) is 1.36. The quantitative estimate of drug-likeness (QED) is 0.518. The number of thiophene rings is 1. The SMILES string of the molecule is CN1CCC(N(Cc2cccs2)c2ccccc2)CC1.O=C(O)[C@H](O)[C@@H](O)C(=O)O. The number of piperidine rings is 1. The maximum atomic E-state index is 9.77. The number of anilines is 1. The van der Waals surface area contributed by atoms with E-state index in [1.807, 2.05) is 11.3 Å². The summed E-state index contributed by atoms with van der Waals surface area (Å²) in [6, 6.07) is 15.9. The van der Waals surface area contributed by atoms with E-state index in [1.54, 1.807) is 0 Å². The number of aliphatic carboxylic acids is 2. The van der Waals surface area contributed by atoms with Gasteiger partial charge in [-0.15, -0.1) is 11.3 Å². The molecule has 1 aromatic heterocycles. The molecule has 1 fully saturated rings. The molecule has 164 valence electrons. The molecule has 0 spiro atoms. The van der Waals surface area contributed by atoms with Gasteiger partial charge >= 0.3 is 11.9 Å². The highest BCUT2D eigenvalue weighted by molar-refractivity contribution is 7.09. The highest BCUT2D eigenvalue weighted by Crippen LogP contribution is 2.26. The van der Waals surface area contributed by atoms with Gasteiger partial charge < -0.3 is 30.2 Å². The van der Waals surface area contributed by atoms with Gasteiger partial charge in [0, 0.05) is 16.6 Å². The van der Waals surface area contributed by atoms with Crippen molar-refractivity contribution < 1.29 is 30.0 Å². The summed E-state index contributed by atoms with van der Waals surface area (Å²) in [7, 11) is 2.22. The van der Waals surface area contributed by atoms with Gasteiger partial charge in [-0.2, -0.15) is 0 Å². The van der Waals surface area contributed by atoms with E-state index >= 15 is 0 Å². The van der Waals surface area contributed by atoms with Crippen molar-refractivity contribution in [1.82, 2.24) is 4.90 Å². The molecule has 0 aliphatic carbocycles. The second-order valence-corrected chi connectivity index (χ2v) is 8.18. The van der Waals surface area contributed by atoms with Crippen molar-refractivity contribution in [3.8, 4) is 0 Å². The summed E-state index contributed by atoms with van der Waals surface area (Å²) in [5, 5.41) is 34.7. The fraction of sp³-hybridized carbons (Fsp3) is 0.429. The number of benzene rings is 1. The highest BCUT2D eigenvalue weighted by atomic mass is 32.1. The van der Waals surface area contributed by atoms with Gasteiger partial charge in [-0.1, -0.05) is 24.3 Å². The van der Waals surface area contributed by atoms with Gasteiger partial charge in [0.1, 0.15) is 0 Å². The molecule has 9 heteroatoms. The van der Waals surface area contributed by atoms with E-state index < -0.39 is 24.1 Å². The predicted octanol–water partition coefficient (Wildman–Crippen LogP) is 1.73. The number of likely N-dealkylation sites (tertiary alicyclic amines) is 1. The summed E-state index contributed by atoms with van der Waals surface area (Å²) in [4.78, 5) is 26.0. The third-order valence-corrected chi connectivity index (χ3v) is 5.79. The van der Waals surface area contributed by atoms with Crippen LogP contribution < -0.4 is 4.90 Å². The Morgan fingerprint density at radius 1 is 1.03 bits per heavy atom. The summed E-state index contributed by atoms with van der Waals surface area (Å²) in [6.07, 6.45) is -2.01. The van der Waals surface area contributed by atoms with Crippen LogP contribution in [-0.4, -0.2) is 75.7 Å². The smallest absolute Gasteiger partial charge is 0.335 e. The molecule has 8 nitrogen and oxygen atoms in total. The number of nitrogens with zero attached hydrogens (tertiary/aromatic N) is 2. The van der Waals surface area contributed by atoms with Gasteiger partial charge in [-0.25, -0.2) is 9.59 Å². The Labute approximate surface area is 179 Å². The van der Waals surface area contributed by atoms with Crippen molar-refractivity contribution in [2.24, 2.45) is 0 Å². The van der Waals surface area contributed by atoms with Crippen LogP contribution in [0.1, 0.15) is 17.7 Å². The van der Waals surface area contributed by atoms with Crippen LogP contribution in [0.2, 0.25) is 0 Å². The summed E-state index contributed by atoms with van der Waals surface area (Å²) in [5.74, 6) is -3.54. The molecular weight excluding hydrogens is 408 g/mol. The Hall–Kier alpha value is -2.46. The zero-order valence-electron chi connectivity index (χ0n) is 16.8. The van der Waals surface area contributed by atoms with Crippen molar-refractivity contribution >= 4 is 29.0 Å². The van der Waals surface area contributed by atoms with Crippen molar-refractivity contribution in [2.75, 3.05) is 25.0 Å². The van der Waals surface area contributed by atoms with Gasteiger partial charge in [0.15, 0.2) is 12.2 Å². The molecule has 4 N–H and O–H groups in total. The van der Waals surface area contributed by atoms with Crippen LogP contribution >= 0.6 is 11.3 Å². The number of rotatable bonds is 7. The first-order valence-electron chi connectivity index (χ1n) is 9.64. The van der Waals surface area contributed by atoms with E-state index in [9.17, 15) is 9.59 Å². The fourth-order valence-electron chi connectivity index (χ4n) is 3.20. The summed E-state index contributed by atoms with van der Waals surface area (Å²) >= 11 is 1.86. The van der Waals surface area contributed by atoms with Crippen molar-refractivity contribution in [3.05, 3.63) is 52.7 Å². The number of carboxylic acids is 2. The van der Waals surface area contributed by atoms with Crippen LogP contribution in [0.3, 0.4) is 0 Å². The molecule has 0 unspecified atom stereocenters. The third kappa shape index (κ3) is 7.10. The van der Waals surface area contributed by atoms with Gasteiger partial charge in [0.2, 0.25) is 0 Å². The predicted molar refractivity (Wildman–Crippen MR) is 115 cm³/mol. The second kappa shape index (κ2) is 11.7. The topological polar surface area (TPSA) is 122 Å². The van der Waals surface area contributed by atoms with Crippen molar-refractivity contribution in [3.63, 3.8) is 0 Å². The molecule has 2 atom stereocenters. The third-order valence-electron chi connectivity index (χ3n) is 4.93. The number of aliphatic hydroxyl groups is 2. The maximum absolute atomic E-state index is 9.77. The maximum Gasteiger partial charge on any atom is 0.335 e. The number of carboxylic acid groups (broad SMARTS) is 2. The monoisotopic (exact) mass is 436 g/mol. The lowest BCUT2D eigenvalue weighted by molar-refractivity contribution is -0.165. The van der Waals surface area contributed by atoms with Crippen molar-refractivity contribution in [2.45, 2.75) is 37.6 Å². The van der Waals surface area contributed by atoms with Gasteiger partial charge in [-0.3, -0.25) is 0 Å². The molecule has 3 rings (SSSR count). The molecule has 1 aromatic carbocycles. The second-order valence-electron chi connectivity index (χ2n) is 7.14. The van der Waals surface area contributed by atoms with Gasteiger partial charge in [0.05, 0.1) is 6.54 Å². The van der Waals surface area contributed by atoms with E-state index in [-0.39, 0.29) is 0 Å². The Morgan fingerprint density at radius 3 is 2.07 bits per heavy atom. The van der Waals surface area contributed by atoms with Crippen LogP contribution in [0.25, 0.3) is 0 Å². The Morgan fingerprint density at radius 2 is 1.60 bits per heavy atom. The Balaban J connectivity index is 0.000000274. The van der Waals surface area contributed by atoms with Crippen LogP contribution in [0.5, 0.6) is 0 Å². The molecule has 1 aliphatic rings. The molecule has 0 bridgehead atoms. The molecule has 2 heterocycles. The van der Waals surface area contributed by atoms with E-state index in [0.717, 1.165) is 6.54 Å². The summed E-state index contributed by atoms with van der Waals surface area (Å²) in [6.45, 7) is 3.45. The Bertz CT molecular complexity index is 760. The van der Waals surface area contributed by atoms with E-state index in [4.69, 9.17) is 20.4 Å². The molecule has 0 amide bonds. The number of hydrogen-bond acceptors (Lipinski definition) is 7. The van der Waals surface area contributed by atoms with E-state index in [2.05, 4.69) is 64.7 Å². The lowest BCUT2D eigenvalue weighted by atomic mass is 10.0. The number of aliphatic hydroxyl groups excluding tert-OH is 2. The first kappa shape index (κ1) is 23.8. The number of para-hydroxylation sites is 1. The van der Waals surface area contributed by atoms with Crippen LogP contribution in [0.15, 0.2) is 47.8 Å². The summed E-state index contributed by atoms with van der Waals surface area (Å²) < 4.78 is 0. The normalized spacial score (nSPS) is 16.8. The fourth-order valence-corrected chi connectivity index (χ4v) is 3.90. The zero-order chi connectivity index (χ0) is 22.1. The minimum absolute atomic E-state index is 0.663. The van der Waals surface area contributed by atoms with Gasteiger partial charge in [-0.05, 0) is 56.6 Å². The first-order chi connectivity index (χ1) is 14.3. The molecule has 1 saturated heterocycles. The first-order valence-corrected chi connectivity index (χ1v) is 10.5. The Kier molecular flexibility index (Phi) is 9.25. The largest absolute Gasteiger partial charge is 0.479 e. The number of hydrogen-bond donors (Lipinski definition) is 4. The highest BCUT2D eigenvalue weighted by Gasteiger charge is 2.29. The van der Waals surface area contributed by atoms with Crippen LogP contribution in [-0.2, 0) is 16.1 Å². The molecule has 0 saturated carbocycles. The van der Waals surface area contributed by atoms with Crippen molar-refractivity contribution in [1.29, 1.82) is 0 Å². The molecule has 0 radical (unpaired) electrons. The van der Waals surface area contributed by atoms with Crippen LogP contribution in [0.4, 0.5) is 5.69 Å². The molecule has 2 aromatic rings. The minimum Gasteiger partial charge on any atom is -0.479 e. The lowest BCUT2D eigenvalue weighted by Crippen LogP contribution is -2.43. The molecule has 30 heavy (non-hydrogen) atoms.